The molecule has 0 unspecified atom stereocenters. The Morgan fingerprint density at radius 1 is 1.12 bits per heavy atom. The number of ketones is 1. The first-order chi connectivity index (χ1) is 12.6. The van der Waals surface area contributed by atoms with Gasteiger partial charge in [-0.25, -0.2) is 0 Å². The van der Waals surface area contributed by atoms with Gasteiger partial charge in [0.15, 0.2) is 5.78 Å². The number of Topliss-reactive ketones (excluding diaryl/α,β-unsaturated/α-hetero) is 1. The summed E-state index contributed by atoms with van der Waals surface area (Å²) < 4.78 is 11.0. The van der Waals surface area contributed by atoms with E-state index in [2.05, 4.69) is 0 Å². The standard InChI is InChI=1S/C21H21NO4/c1-25-15-10-14-8-9-22-18(23)12-16(20(22)19(14)17(11-15)26-2)21(24)13-6-4-3-5-7-13/h3-7,10-11,16,20H,8-9,12H2,1-2H3/t16-,20-/m0/s1. The van der Waals surface area contributed by atoms with Crippen LogP contribution in [0.2, 0.25) is 0 Å². The summed E-state index contributed by atoms with van der Waals surface area (Å²) in [6.07, 6.45) is 0.977. The van der Waals surface area contributed by atoms with Gasteiger partial charge in [-0.3, -0.25) is 9.59 Å². The molecule has 2 atom stereocenters. The Morgan fingerprint density at radius 2 is 1.88 bits per heavy atom. The van der Waals surface area contributed by atoms with E-state index in [1.54, 1.807) is 14.2 Å². The fourth-order valence-electron chi connectivity index (χ4n) is 4.19. The first kappa shape index (κ1) is 16.6. The van der Waals surface area contributed by atoms with Crippen LogP contribution in [0.3, 0.4) is 0 Å². The first-order valence-electron chi connectivity index (χ1n) is 8.77. The smallest absolute Gasteiger partial charge is 0.223 e. The molecule has 0 saturated carbocycles. The summed E-state index contributed by atoms with van der Waals surface area (Å²) in [5, 5.41) is 0. The van der Waals surface area contributed by atoms with Gasteiger partial charge in [0, 0.05) is 30.2 Å². The minimum atomic E-state index is -0.397. The average Bonchev–Trinajstić information content (AvgIpc) is 3.03. The zero-order valence-electron chi connectivity index (χ0n) is 14.9. The van der Waals surface area contributed by atoms with Crippen LogP contribution in [0.4, 0.5) is 0 Å². The molecule has 0 spiro atoms. The van der Waals surface area contributed by atoms with E-state index in [0.29, 0.717) is 17.9 Å². The van der Waals surface area contributed by atoms with Gasteiger partial charge in [-0.2, -0.15) is 0 Å². The van der Waals surface area contributed by atoms with Crippen LogP contribution in [-0.2, 0) is 11.2 Å². The van der Waals surface area contributed by atoms with Crippen molar-refractivity contribution in [2.75, 3.05) is 20.8 Å². The highest BCUT2D eigenvalue weighted by Crippen LogP contribution is 2.48. The molecule has 2 aromatic rings. The Balaban J connectivity index is 1.81. The minimum absolute atomic E-state index is 0.0113. The van der Waals surface area contributed by atoms with Crippen LogP contribution in [0.25, 0.3) is 0 Å². The first-order valence-corrected chi connectivity index (χ1v) is 8.77. The zero-order chi connectivity index (χ0) is 18.3. The van der Waals surface area contributed by atoms with E-state index in [1.807, 2.05) is 47.4 Å². The molecule has 26 heavy (non-hydrogen) atoms. The average molecular weight is 351 g/mol. The normalized spacial score (nSPS) is 21.2. The fraction of sp³-hybridized carbons (Fsp3) is 0.333. The number of hydrogen-bond donors (Lipinski definition) is 0. The van der Waals surface area contributed by atoms with Gasteiger partial charge in [0.25, 0.3) is 0 Å². The largest absolute Gasteiger partial charge is 0.497 e. The summed E-state index contributed by atoms with van der Waals surface area (Å²) in [5.74, 6) is 1.05. The fourth-order valence-corrected chi connectivity index (χ4v) is 4.19. The van der Waals surface area contributed by atoms with Gasteiger partial charge >= 0.3 is 0 Å². The van der Waals surface area contributed by atoms with E-state index in [1.165, 1.54) is 0 Å². The molecule has 5 nitrogen and oxygen atoms in total. The third kappa shape index (κ3) is 2.55. The van der Waals surface area contributed by atoms with E-state index in [0.717, 1.165) is 23.3 Å². The highest BCUT2D eigenvalue weighted by Gasteiger charge is 2.48. The van der Waals surface area contributed by atoms with Gasteiger partial charge in [-0.05, 0) is 18.1 Å². The predicted octanol–water partition coefficient (Wildman–Crippen LogP) is 3.03. The summed E-state index contributed by atoms with van der Waals surface area (Å²) >= 11 is 0. The molecule has 2 aromatic carbocycles. The molecule has 0 aromatic heterocycles. The molecule has 0 N–H and O–H groups in total. The number of ether oxygens (including phenoxy) is 2. The molecule has 0 aliphatic carbocycles. The van der Waals surface area contributed by atoms with Crippen molar-refractivity contribution >= 4 is 11.7 Å². The van der Waals surface area contributed by atoms with Crippen LogP contribution in [-0.4, -0.2) is 37.4 Å². The lowest BCUT2D eigenvalue weighted by molar-refractivity contribution is -0.129. The van der Waals surface area contributed by atoms with Crippen LogP contribution in [0.1, 0.15) is 33.9 Å². The van der Waals surface area contributed by atoms with E-state index < -0.39 is 5.92 Å². The summed E-state index contributed by atoms with van der Waals surface area (Å²) in [7, 11) is 3.23. The number of hydrogen-bond acceptors (Lipinski definition) is 4. The molecule has 134 valence electrons. The lowest BCUT2D eigenvalue weighted by Crippen LogP contribution is -2.37. The van der Waals surface area contributed by atoms with Gasteiger partial charge in [-0.15, -0.1) is 0 Å². The van der Waals surface area contributed by atoms with Crippen LogP contribution >= 0.6 is 0 Å². The van der Waals surface area contributed by atoms with Gasteiger partial charge < -0.3 is 14.4 Å². The maximum Gasteiger partial charge on any atom is 0.223 e. The second-order valence-electron chi connectivity index (χ2n) is 6.73. The van der Waals surface area contributed by atoms with Crippen LogP contribution < -0.4 is 9.47 Å². The molecule has 0 bridgehead atoms. The van der Waals surface area contributed by atoms with Crippen LogP contribution in [0, 0.1) is 5.92 Å². The topological polar surface area (TPSA) is 55.8 Å². The summed E-state index contributed by atoms with van der Waals surface area (Å²) in [5.41, 5.74) is 2.68. The monoisotopic (exact) mass is 351 g/mol. The summed E-state index contributed by atoms with van der Waals surface area (Å²) in [4.78, 5) is 27.6. The Kier molecular flexibility index (Phi) is 4.15. The number of carbonyl (C=O) groups is 2. The van der Waals surface area contributed by atoms with Gasteiger partial charge in [0.1, 0.15) is 11.5 Å². The second kappa shape index (κ2) is 6.48. The molecule has 4 rings (SSSR count). The SMILES string of the molecule is COc1cc2c(c(OC)c1)[C@@H]1[C@@H](C(=O)c3ccccc3)CC(=O)N1CC2. The molecule has 1 amide bonds. The molecule has 2 heterocycles. The zero-order valence-corrected chi connectivity index (χ0v) is 14.9. The Labute approximate surface area is 152 Å². The molecule has 5 heteroatoms. The van der Waals surface area contributed by atoms with Gasteiger partial charge in [0.05, 0.1) is 26.2 Å². The van der Waals surface area contributed by atoms with Crippen molar-refractivity contribution in [2.45, 2.75) is 18.9 Å². The van der Waals surface area contributed by atoms with Crippen LogP contribution in [0.15, 0.2) is 42.5 Å². The molecule has 1 fully saturated rings. The number of rotatable bonds is 4. The molecule has 1 saturated heterocycles. The molecule has 2 aliphatic heterocycles. The Hall–Kier alpha value is -2.82. The van der Waals surface area contributed by atoms with Gasteiger partial charge in [-0.1, -0.05) is 30.3 Å². The van der Waals surface area contributed by atoms with E-state index >= 15 is 0 Å². The van der Waals surface area contributed by atoms with Gasteiger partial charge in [0.2, 0.25) is 5.91 Å². The number of amides is 1. The van der Waals surface area contributed by atoms with E-state index in [9.17, 15) is 9.59 Å². The van der Waals surface area contributed by atoms with Crippen molar-refractivity contribution in [1.82, 2.24) is 4.90 Å². The second-order valence-corrected chi connectivity index (χ2v) is 6.73. The highest BCUT2D eigenvalue weighted by molar-refractivity contribution is 6.02. The Bertz CT molecular complexity index is 845. The number of fused-ring (bicyclic) bond motifs is 3. The number of carbonyl (C=O) groups excluding carboxylic acids is 2. The molecular weight excluding hydrogens is 330 g/mol. The summed E-state index contributed by atoms with van der Waals surface area (Å²) in [6.45, 7) is 0.616. The number of nitrogens with zero attached hydrogens (tertiary/aromatic N) is 1. The number of methoxy groups -OCH3 is 2. The number of benzene rings is 2. The van der Waals surface area contributed by atoms with Crippen LogP contribution in [0.5, 0.6) is 11.5 Å². The van der Waals surface area contributed by atoms with Crippen molar-refractivity contribution in [1.29, 1.82) is 0 Å². The van der Waals surface area contributed by atoms with Crippen molar-refractivity contribution < 1.29 is 19.1 Å². The highest BCUT2D eigenvalue weighted by atomic mass is 16.5. The van der Waals surface area contributed by atoms with Crippen molar-refractivity contribution in [3.8, 4) is 11.5 Å². The lowest BCUT2D eigenvalue weighted by atomic mass is 9.82. The molecular formula is C21H21NO4. The maximum absolute atomic E-state index is 13.1. The summed E-state index contributed by atoms with van der Waals surface area (Å²) in [6, 6.07) is 12.7. The molecule has 2 aliphatic rings. The minimum Gasteiger partial charge on any atom is -0.497 e. The predicted molar refractivity (Wildman–Crippen MR) is 96.6 cm³/mol. The van der Waals surface area contributed by atoms with Crippen molar-refractivity contribution in [3.05, 3.63) is 59.2 Å². The molecule has 0 radical (unpaired) electrons. The third-order valence-corrected chi connectivity index (χ3v) is 5.40. The maximum atomic E-state index is 13.1. The van der Waals surface area contributed by atoms with E-state index in [4.69, 9.17) is 9.47 Å². The Morgan fingerprint density at radius 3 is 2.58 bits per heavy atom. The van der Waals surface area contributed by atoms with E-state index in [-0.39, 0.29) is 24.2 Å². The van der Waals surface area contributed by atoms with Crippen molar-refractivity contribution in [3.63, 3.8) is 0 Å². The van der Waals surface area contributed by atoms with Crippen molar-refractivity contribution in [2.24, 2.45) is 5.92 Å². The quantitative estimate of drug-likeness (QED) is 0.795. The third-order valence-electron chi connectivity index (χ3n) is 5.40. The lowest BCUT2D eigenvalue weighted by Gasteiger charge is -2.35.